The number of aromatic nitrogens is 1. The van der Waals surface area contributed by atoms with Crippen molar-refractivity contribution in [2.24, 2.45) is 5.73 Å². The summed E-state index contributed by atoms with van der Waals surface area (Å²) >= 11 is 0. The molecular weight excluding hydrogens is 218 g/mol. The second-order valence-electron chi connectivity index (χ2n) is 4.02. The third-order valence-corrected chi connectivity index (χ3v) is 2.76. The molecule has 0 fully saturated rings. The largest absolute Gasteiger partial charge is 0.480 e. The summed E-state index contributed by atoms with van der Waals surface area (Å²) in [5.41, 5.74) is 6.57. The highest BCUT2D eigenvalue weighted by Gasteiger charge is 2.20. The average Bonchev–Trinajstić information content (AvgIpc) is 2.34. The number of carboxylic acid groups (broad SMARTS) is 1. The summed E-state index contributed by atoms with van der Waals surface area (Å²) in [4.78, 5) is 16.8. The number of pyridine rings is 1. The number of nitrogens with zero attached hydrogens (tertiary/aromatic N) is 2. The Kier molecular flexibility index (Phi) is 5.59. The van der Waals surface area contributed by atoms with Crippen molar-refractivity contribution in [1.29, 1.82) is 0 Å². The third-order valence-electron chi connectivity index (χ3n) is 2.76. The van der Waals surface area contributed by atoms with Gasteiger partial charge in [-0.25, -0.2) is 0 Å². The van der Waals surface area contributed by atoms with Crippen molar-refractivity contribution in [3.8, 4) is 0 Å². The predicted molar refractivity (Wildman–Crippen MR) is 65.7 cm³/mol. The van der Waals surface area contributed by atoms with Crippen molar-refractivity contribution in [3.05, 3.63) is 30.1 Å². The molecule has 17 heavy (non-hydrogen) atoms. The third kappa shape index (κ3) is 4.50. The van der Waals surface area contributed by atoms with Crippen LogP contribution in [0.3, 0.4) is 0 Å². The van der Waals surface area contributed by atoms with Gasteiger partial charge in [-0.15, -0.1) is 0 Å². The highest BCUT2D eigenvalue weighted by Crippen LogP contribution is 2.05. The molecule has 0 radical (unpaired) electrons. The molecule has 1 rings (SSSR count). The Morgan fingerprint density at radius 2 is 2.18 bits per heavy atom. The molecule has 1 atom stereocenters. The molecule has 3 N–H and O–H groups in total. The number of nitrogens with two attached hydrogens (primary N) is 1. The standard InChI is InChI=1S/C12H19N3O2/c1-15(11(2-6-13)12(16)17)9-5-10-3-7-14-8-4-10/h3-4,7-8,11H,2,5-6,9,13H2,1H3,(H,16,17). The maximum absolute atomic E-state index is 11.0. The van der Waals surface area contributed by atoms with E-state index in [4.69, 9.17) is 10.8 Å². The summed E-state index contributed by atoms with van der Waals surface area (Å²) in [6, 6.07) is 3.38. The SMILES string of the molecule is CN(CCc1ccncc1)C(CCN)C(=O)O. The summed E-state index contributed by atoms with van der Waals surface area (Å²) in [5, 5.41) is 9.06. The van der Waals surface area contributed by atoms with Crippen LogP contribution in [0.25, 0.3) is 0 Å². The molecule has 0 aliphatic carbocycles. The van der Waals surface area contributed by atoms with Crippen LogP contribution >= 0.6 is 0 Å². The van der Waals surface area contributed by atoms with Crippen molar-refractivity contribution in [3.63, 3.8) is 0 Å². The second kappa shape index (κ2) is 6.98. The smallest absolute Gasteiger partial charge is 0.320 e. The molecule has 5 nitrogen and oxygen atoms in total. The lowest BCUT2D eigenvalue weighted by atomic mass is 10.1. The molecule has 1 aromatic heterocycles. The fraction of sp³-hybridized carbons (Fsp3) is 0.500. The van der Waals surface area contributed by atoms with Crippen LogP contribution in [0.5, 0.6) is 0 Å². The quantitative estimate of drug-likeness (QED) is 0.715. The average molecular weight is 237 g/mol. The van der Waals surface area contributed by atoms with Crippen molar-refractivity contribution >= 4 is 5.97 Å². The summed E-state index contributed by atoms with van der Waals surface area (Å²) in [6.45, 7) is 1.08. The van der Waals surface area contributed by atoms with Gasteiger partial charge in [0.05, 0.1) is 0 Å². The van der Waals surface area contributed by atoms with E-state index in [1.165, 1.54) is 0 Å². The first-order valence-electron chi connectivity index (χ1n) is 5.67. The zero-order valence-electron chi connectivity index (χ0n) is 10.0. The van der Waals surface area contributed by atoms with E-state index in [-0.39, 0.29) is 0 Å². The summed E-state index contributed by atoms with van der Waals surface area (Å²) in [7, 11) is 1.82. The lowest BCUT2D eigenvalue weighted by Gasteiger charge is -2.24. The molecule has 1 aromatic rings. The fourth-order valence-corrected chi connectivity index (χ4v) is 1.70. The first kappa shape index (κ1) is 13.6. The number of carbonyl (C=O) groups is 1. The Morgan fingerprint density at radius 3 is 2.71 bits per heavy atom. The zero-order chi connectivity index (χ0) is 12.7. The van der Waals surface area contributed by atoms with Gasteiger partial charge in [-0.05, 0) is 44.1 Å². The normalized spacial score (nSPS) is 12.6. The van der Waals surface area contributed by atoms with Crippen LogP contribution in [0.4, 0.5) is 0 Å². The number of aliphatic carboxylic acids is 1. The Labute approximate surface area is 101 Å². The van der Waals surface area contributed by atoms with Gasteiger partial charge in [-0.1, -0.05) is 0 Å². The van der Waals surface area contributed by atoms with E-state index in [1.807, 2.05) is 24.1 Å². The van der Waals surface area contributed by atoms with Gasteiger partial charge in [0.2, 0.25) is 0 Å². The Morgan fingerprint density at radius 1 is 1.53 bits per heavy atom. The lowest BCUT2D eigenvalue weighted by molar-refractivity contribution is -0.142. The number of carboxylic acids is 1. The number of rotatable bonds is 7. The van der Waals surface area contributed by atoms with Gasteiger partial charge >= 0.3 is 5.97 Å². The van der Waals surface area contributed by atoms with Crippen LogP contribution in [0, 0.1) is 0 Å². The first-order chi connectivity index (χ1) is 8.15. The minimum atomic E-state index is -0.812. The van der Waals surface area contributed by atoms with Crippen LogP contribution in [0.2, 0.25) is 0 Å². The van der Waals surface area contributed by atoms with E-state index >= 15 is 0 Å². The van der Waals surface area contributed by atoms with Gasteiger partial charge in [0.25, 0.3) is 0 Å². The molecule has 0 amide bonds. The van der Waals surface area contributed by atoms with E-state index in [0.717, 1.165) is 12.0 Å². The fourth-order valence-electron chi connectivity index (χ4n) is 1.70. The van der Waals surface area contributed by atoms with Crippen LogP contribution in [0.1, 0.15) is 12.0 Å². The van der Waals surface area contributed by atoms with Crippen molar-refractivity contribution in [2.75, 3.05) is 20.1 Å². The molecule has 0 saturated carbocycles. The molecular formula is C12H19N3O2. The van der Waals surface area contributed by atoms with E-state index in [2.05, 4.69) is 4.98 Å². The monoisotopic (exact) mass is 237 g/mol. The van der Waals surface area contributed by atoms with Crippen molar-refractivity contribution in [2.45, 2.75) is 18.9 Å². The minimum Gasteiger partial charge on any atom is -0.480 e. The van der Waals surface area contributed by atoms with Gasteiger partial charge in [-0.3, -0.25) is 14.7 Å². The second-order valence-corrected chi connectivity index (χ2v) is 4.02. The number of hydrogen-bond donors (Lipinski definition) is 2. The van der Waals surface area contributed by atoms with Crippen LogP contribution in [-0.2, 0) is 11.2 Å². The molecule has 0 spiro atoms. The highest BCUT2D eigenvalue weighted by molar-refractivity contribution is 5.73. The lowest BCUT2D eigenvalue weighted by Crippen LogP contribution is -2.40. The van der Waals surface area contributed by atoms with E-state index < -0.39 is 12.0 Å². The number of hydrogen-bond acceptors (Lipinski definition) is 4. The topological polar surface area (TPSA) is 79.5 Å². The Balaban J connectivity index is 2.47. The predicted octanol–water partition coefficient (Wildman–Crippen LogP) is 0.358. The Hall–Kier alpha value is -1.46. The molecule has 94 valence electrons. The maximum atomic E-state index is 11.0. The van der Waals surface area contributed by atoms with Crippen LogP contribution in [-0.4, -0.2) is 47.1 Å². The van der Waals surface area contributed by atoms with E-state index in [0.29, 0.717) is 19.5 Å². The Bertz CT molecular complexity index is 343. The molecule has 0 saturated heterocycles. The molecule has 1 unspecified atom stereocenters. The van der Waals surface area contributed by atoms with Crippen molar-refractivity contribution in [1.82, 2.24) is 9.88 Å². The van der Waals surface area contributed by atoms with Crippen molar-refractivity contribution < 1.29 is 9.90 Å². The maximum Gasteiger partial charge on any atom is 0.320 e. The summed E-state index contributed by atoms with van der Waals surface area (Å²) in [6.07, 6.45) is 4.77. The highest BCUT2D eigenvalue weighted by atomic mass is 16.4. The van der Waals surface area contributed by atoms with Gasteiger partial charge in [0.1, 0.15) is 6.04 Å². The number of likely N-dealkylation sites (N-methyl/N-ethyl adjacent to an activating group) is 1. The minimum absolute atomic E-state index is 0.385. The first-order valence-corrected chi connectivity index (χ1v) is 5.67. The summed E-state index contributed by atoms with van der Waals surface area (Å²) in [5.74, 6) is -0.812. The molecule has 0 bridgehead atoms. The van der Waals surface area contributed by atoms with Crippen LogP contribution in [0.15, 0.2) is 24.5 Å². The van der Waals surface area contributed by atoms with Gasteiger partial charge < -0.3 is 10.8 Å². The van der Waals surface area contributed by atoms with Gasteiger partial charge in [0, 0.05) is 18.9 Å². The summed E-state index contributed by atoms with van der Waals surface area (Å²) < 4.78 is 0. The molecule has 5 heteroatoms. The van der Waals surface area contributed by atoms with E-state index in [1.54, 1.807) is 12.4 Å². The molecule has 0 aromatic carbocycles. The molecule has 1 heterocycles. The van der Waals surface area contributed by atoms with Gasteiger partial charge in [-0.2, -0.15) is 0 Å². The molecule has 0 aliphatic heterocycles. The van der Waals surface area contributed by atoms with E-state index in [9.17, 15) is 4.79 Å². The van der Waals surface area contributed by atoms with Crippen LogP contribution < -0.4 is 5.73 Å². The van der Waals surface area contributed by atoms with Gasteiger partial charge in [0.15, 0.2) is 0 Å². The molecule has 0 aliphatic rings. The zero-order valence-corrected chi connectivity index (χ0v) is 10.0.